The Morgan fingerprint density at radius 2 is 1.59 bits per heavy atom. The van der Waals surface area contributed by atoms with Crippen LogP contribution in [0.4, 0.5) is 0 Å². The summed E-state index contributed by atoms with van der Waals surface area (Å²) in [6.45, 7) is 3.39. The van der Waals surface area contributed by atoms with Crippen LogP contribution in [0.15, 0.2) is 0 Å². The highest BCUT2D eigenvalue weighted by Gasteiger charge is 2.35. The van der Waals surface area contributed by atoms with Gasteiger partial charge in [0.15, 0.2) is 0 Å². The first-order valence-corrected chi connectivity index (χ1v) is 7.42. The number of rotatable bonds is 5. The third-order valence-corrected chi connectivity index (χ3v) is 4.69. The van der Waals surface area contributed by atoms with Crippen LogP contribution in [0.25, 0.3) is 0 Å². The van der Waals surface area contributed by atoms with Gasteiger partial charge < -0.3 is 10.1 Å². The van der Waals surface area contributed by atoms with Gasteiger partial charge in [0.05, 0.1) is 6.10 Å². The Kier molecular flexibility index (Phi) is 7.14. The van der Waals surface area contributed by atoms with Gasteiger partial charge in [0.1, 0.15) is 0 Å². The minimum atomic E-state index is 0.397. The van der Waals surface area contributed by atoms with Crippen LogP contribution in [0, 0.1) is 5.41 Å². The van der Waals surface area contributed by atoms with Crippen molar-refractivity contribution in [1.29, 1.82) is 0 Å². The SMILES string of the molecule is CNCCC1(C(C)OC)CCCCCCCC1. The van der Waals surface area contributed by atoms with Crippen molar-refractivity contribution in [1.82, 2.24) is 5.32 Å². The van der Waals surface area contributed by atoms with Gasteiger partial charge in [-0.1, -0.05) is 38.5 Å². The van der Waals surface area contributed by atoms with E-state index in [1.807, 2.05) is 7.11 Å². The molecule has 0 bridgehead atoms. The number of methoxy groups -OCH3 is 1. The summed E-state index contributed by atoms with van der Waals surface area (Å²) >= 11 is 0. The highest BCUT2D eigenvalue weighted by Crippen LogP contribution is 2.40. The molecule has 2 heteroatoms. The standard InChI is InChI=1S/C15H31NO/c1-14(17-3)15(12-13-16-2)10-8-6-4-5-7-9-11-15/h14,16H,4-13H2,1-3H3. The molecule has 0 saturated heterocycles. The normalized spacial score (nSPS) is 23.5. The summed E-state index contributed by atoms with van der Waals surface area (Å²) < 4.78 is 5.70. The van der Waals surface area contributed by atoms with Gasteiger partial charge in [-0.25, -0.2) is 0 Å². The predicted molar refractivity (Wildman–Crippen MR) is 74.4 cm³/mol. The van der Waals surface area contributed by atoms with E-state index in [9.17, 15) is 0 Å². The Hall–Kier alpha value is -0.0800. The lowest BCUT2D eigenvalue weighted by atomic mass is 9.72. The smallest absolute Gasteiger partial charge is 0.0599 e. The van der Waals surface area contributed by atoms with Crippen molar-refractivity contribution >= 4 is 0 Å². The fraction of sp³-hybridized carbons (Fsp3) is 1.00. The number of nitrogens with one attached hydrogen (secondary N) is 1. The van der Waals surface area contributed by atoms with Crippen LogP contribution in [0.1, 0.15) is 64.7 Å². The fourth-order valence-electron chi connectivity index (χ4n) is 3.27. The molecule has 1 atom stereocenters. The summed E-state index contributed by atoms with van der Waals surface area (Å²) in [6, 6.07) is 0. The van der Waals surface area contributed by atoms with Crippen LogP contribution in [-0.4, -0.2) is 26.8 Å². The first-order chi connectivity index (χ1) is 8.25. The molecule has 1 aliphatic carbocycles. The fourth-order valence-corrected chi connectivity index (χ4v) is 3.27. The Labute approximate surface area is 108 Å². The summed E-state index contributed by atoms with van der Waals surface area (Å²) in [6.07, 6.45) is 12.8. The van der Waals surface area contributed by atoms with Crippen LogP contribution in [0.2, 0.25) is 0 Å². The minimum absolute atomic E-state index is 0.397. The maximum atomic E-state index is 5.70. The molecular weight excluding hydrogens is 210 g/mol. The van der Waals surface area contributed by atoms with E-state index in [4.69, 9.17) is 4.74 Å². The van der Waals surface area contributed by atoms with Crippen molar-refractivity contribution in [3.8, 4) is 0 Å². The van der Waals surface area contributed by atoms with Gasteiger partial charge in [0.25, 0.3) is 0 Å². The van der Waals surface area contributed by atoms with Crippen LogP contribution in [-0.2, 0) is 4.74 Å². The summed E-state index contributed by atoms with van der Waals surface area (Å²) in [5, 5.41) is 3.31. The molecule has 0 aliphatic heterocycles. The Bertz CT molecular complexity index is 183. The monoisotopic (exact) mass is 241 g/mol. The van der Waals surface area contributed by atoms with E-state index < -0.39 is 0 Å². The van der Waals surface area contributed by atoms with Gasteiger partial charge in [-0.3, -0.25) is 0 Å². The van der Waals surface area contributed by atoms with E-state index in [0.29, 0.717) is 11.5 Å². The van der Waals surface area contributed by atoms with E-state index in [0.717, 1.165) is 6.54 Å². The van der Waals surface area contributed by atoms with Gasteiger partial charge >= 0.3 is 0 Å². The topological polar surface area (TPSA) is 21.3 Å². The second-order valence-corrected chi connectivity index (χ2v) is 5.72. The quantitative estimate of drug-likeness (QED) is 0.791. The van der Waals surface area contributed by atoms with Crippen molar-refractivity contribution in [3.05, 3.63) is 0 Å². The molecule has 0 aromatic carbocycles. The average Bonchev–Trinajstić information content (AvgIpc) is 2.48. The lowest BCUT2D eigenvalue weighted by Crippen LogP contribution is -2.37. The van der Waals surface area contributed by atoms with Crippen LogP contribution in [0.3, 0.4) is 0 Å². The molecule has 0 aromatic heterocycles. The molecule has 0 heterocycles. The van der Waals surface area contributed by atoms with Gasteiger partial charge in [-0.15, -0.1) is 0 Å². The molecule has 0 amide bonds. The van der Waals surface area contributed by atoms with Crippen LogP contribution in [0.5, 0.6) is 0 Å². The third-order valence-electron chi connectivity index (χ3n) is 4.69. The van der Waals surface area contributed by atoms with E-state index in [1.54, 1.807) is 0 Å². The zero-order chi connectivity index (χ0) is 12.6. The van der Waals surface area contributed by atoms with Gasteiger partial charge in [0.2, 0.25) is 0 Å². The molecule has 1 fully saturated rings. The van der Waals surface area contributed by atoms with Crippen molar-refractivity contribution in [2.45, 2.75) is 70.8 Å². The molecule has 1 rings (SSSR count). The summed E-state index contributed by atoms with van der Waals surface area (Å²) in [5.74, 6) is 0. The van der Waals surface area contributed by atoms with Gasteiger partial charge in [-0.05, 0) is 45.2 Å². The molecule has 1 unspecified atom stereocenters. The van der Waals surface area contributed by atoms with Gasteiger partial charge in [-0.2, -0.15) is 0 Å². The molecule has 17 heavy (non-hydrogen) atoms. The highest BCUT2D eigenvalue weighted by molar-refractivity contribution is 4.86. The maximum Gasteiger partial charge on any atom is 0.0599 e. The molecule has 1 saturated carbocycles. The molecular formula is C15H31NO. The second kappa shape index (κ2) is 8.10. The molecule has 102 valence electrons. The summed E-state index contributed by atoms with van der Waals surface area (Å²) in [7, 11) is 3.93. The molecule has 0 radical (unpaired) electrons. The first-order valence-electron chi connectivity index (χ1n) is 7.42. The van der Waals surface area contributed by atoms with E-state index >= 15 is 0 Å². The molecule has 2 nitrogen and oxygen atoms in total. The minimum Gasteiger partial charge on any atom is -0.381 e. The number of ether oxygens (including phenoxy) is 1. The zero-order valence-electron chi connectivity index (χ0n) is 12.1. The molecule has 0 aromatic rings. The average molecular weight is 241 g/mol. The predicted octanol–water partition coefficient (Wildman–Crippen LogP) is 3.75. The lowest BCUT2D eigenvalue weighted by Gasteiger charge is -2.39. The van der Waals surface area contributed by atoms with Crippen molar-refractivity contribution in [3.63, 3.8) is 0 Å². The first kappa shape index (κ1) is 15.0. The third kappa shape index (κ3) is 4.59. The van der Waals surface area contributed by atoms with Crippen molar-refractivity contribution in [2.24, 2.45) is 5.41 Å². The van der Waals surface area contributed by atoms with E-state index in [2.05, 4.69) is 19.3 Å². The van der Waals surface area contributed by atoms with Gasteiger partial charge in [0, 0.05) is 7.11 Å². The van der Waals surface area contributed by atoms with Crippen molar-refractivity contribution < 1.29 is 4.74 Å². The lowest BCUT2D eigenvalue weighted by molar-refractivity contribution is -0.0185. The van der Waals surface area contributed by atoms with E-state index in [-0.39, 0.29) is 0 Å². The van der Waals surface area contributed by atoms with Crippen LogP contribution >= 0.6 is 0 Å². The second-order valence-electron chi connectivity index (χ2n) is 5.72. The molecule has 1 N–H and O–H groups in total. The highest BCUT2D eigenvalue weighted by atomic mass is 16.5. The summed E-state index contributed by atoms with van der Waals surface area (Å²) in [4.78, 5) is 0. The van der Waals surface area contributed by atoms with Crippen molar-refractivity contribution in [2.75, 3.05) is 20.7 Å². The van der Waals surface area contributed by atoms with E-state index in [1.165, 1.54) is 57.8 Å². The Balaban J connectivity index is 2.67. The van der Waals surface area contributed by atoms with Crippen LogP contribution < -0.4 is 5.32 Å². The largest absolute Gasteiger partial charge is 0.381 e. The maximum absolute atomic E-state index is 5.70. The zero-order valence-corrected chi connectivity index (χ0v) is 12.1. The molecule has 1 aliphatic rings. The Morgan fingerprint density at radius 1 is 1.06 bits per heavy atom. The number of hydrogen-bond donors (Lipinski definition) is 1. The Morgan fingerprint density at radius 3 is 2.06 bits per heavy atom. The molecule has 0 spiro atoms. The summed E-state index contributed by atoms with van der Waals surface area (Å²) in [5.41, 5.74) is 0.419. The number of hydrogen-bond acceptors (Lipinski definition) is 2.